The molecule has 156 valence electrons. The van der Waals surface area contributed by atoms with E-state index in [4.69, 9.17) is 0 Å². The summed E-state index contributed by atoms with van der Waals surface area (Å²) in [5.74, 6) is -1.18. The van der Waals surface area contributed by atoms with Crippen molar-refractivity contribution in [2.45, 2.75) is 10.4 Å². The van der Waals surface area contributed by atoms with Gasteiger partial charge in [-0.1, -0.05) is 0 Å². The van der Waals surface area contributed by atoms with E-state index in [-0.39, 0.29) is 17.4 Å². The van der Waals surface area contributed by atoms with E-state index in [2.05, 4.69) is 5.32 Å². The Labute approximate surface area is 161 Å². The van der Waals surface area contributed by atoms with Crippen LogP contribution in [0.25, 0.3) is 0 Å². The van der Waals surface area contributed by atoms with Crippen LogP contribution in [0.2, 0.25) is 0 Å². The molecule has 0 aliphatic rings. The van der Waals surface area contributed by atoms with E-state index < -0.39 is 49.1 Å². The maximum absolute atomic E-state index is 12.9. The van der Waals surface area contributed by atoms with E-state index in [1.54, 1.807) is 0 Å². The maximum Gasteiger partial charge on any atom is 0.501 e. The molecule has 0 saturated heterocycles. The molecule has 2 aromatic carbocycles. The SMILES string of the molecule is CN(CC(=O)Nc1ccc(F)cc1)c1ccc(S(=O)(=O)C(F)(F)F)cc1[N+](=O)[O-]. The molecule has 1 N–H and O–H groups in total. The minimum Gasteiger partial charge on any atom is -0.360 e. The number of rotatable bonds is 6. The number of carbonyl (C=O) groups is 1. The predicted molar refractivity (Wildman–Crippen MR) is 94.6 cm³/mol. The number of anilines is 2. The Kier molecular flexibility index (Phi) is 6.11. The zero-order valence-corrected chi connectivity index (χ0v) is 15.4. The molecule has 29 heavy (non-hydrogen) atoms. The van der Waals surface area contributed by atoms with E-state index in [0.29, 0.717) is 6.07 Å². The highest BCUT2D eigenvalue weighted by Crippen LogP contribution is 2.35. The minimum atomic E-state index is -5.78. The van der Waals surface area contributed by atoms with Crippen molar-refractivity contribution in [3.63, 3.8) is 0 Å². The molecule has 0 fully saturated rings. The number of nitrogens with zero attached hydrogens (tertiary/aromatic N) is 2. The van der Waals surface area contributed by atoms with Gasteiger partial charge in [0, 0.05) is 18.8 Å². The Hall–Kier alpha value is -3.22. The molecular weight excluding hydrogens is 422 g/mol. The van der Waals surface area contributed by atoms with Crippen LogP contribution in [0.4, 0.5) is 34.6 Å². The standard InChI is InChI=1S/C16H13F4N3O5S/c1-22(9-15(24)21-11-4-2-10(17)3-5-11)13-7-6-12(8-14(13)23(25)26)29(27,28)16(18,19)20/h2-8H,9H2,1H3,(H,21,24). The molecule has 0 unspecified atom stereocenters. The van der Waals surface area contributed by atoms with Crippen LogP contribution in [0.5, 0.6) is 0 Å². The van der Waals surface area contributed by atoms with Gasteiger partial charge in [0.15, 0.2) is 0 Å². The molecule has 0 spiro atoms. The second-order valence-corrected chi connectivity index (χ2v) is 7.71. The maximum atomic E-state index is 12.9. The van der Waals surface area contributed by atoms with Gasteiger partial charge in [-0.15, -0.1) is 0 Å². The molecule has 0 aromatic heterocycles. The van der Waals surface area contributed by atoms with E-state index in [9.17, 15) is 40.9 Å². The van der Waals surface area contributed by atoms with Gasteiger partial charge >= 0.3 is 5.51 Å². The molecule has 8 nitrogen and oxygen atoms in total. The molecule has 1 amide bonds. The molecule has 2 rings (SSSR count). The normalized spacial score (nSPS) is 11.8. The Morgan fingerprint density at radius 3 is 2.28 bits per heavy atom. The summed E-state index contributed by atoms with van der Waals surface area (Å²) in [6.07, 6.45) is 0. The molecule has 0 bridgehead atoms. The lowest BCUT2D eigenvalue weighted by molar-refractivity contribution is -0.384. The quantitative estimate of drug-likeness (QED) is 0.424. The number of alkyl halides is 3. The first-order chi connectivity index (χ1) is 13.3. The largest absolute Gasteiger partial charge is 0.501 e. The highest BCUT2D eigenvalue weighted by Gasteiger charge is 2.47. The van der Waals surface area contributed by atoms with Gasteiger partial charge in [-0.25, -0.2) is 12.8 Å². The van der Waals surface area contributed by atoms with Crippen molar-refractivity contribution in [2.24, 2.45) is 0 Å². The number of hydrogen-bond acceptors (Lipinski definition) is 6. The van der Waals surface area contributed by atoms with E-state index in [0.717, 1.165) is 23.1 Å². The molecule has 13 heteroatoms. The summed E-state index contributed by atoms with van der Waals surface area (Å²) in [6, 6.07) is 6.43. The highest BCUT2D eigenvalue weighted by molar-refractivity contribution is 7.92. The summed E-state index contributed by atoms with van der Waals surface area (Å²) in [6.45, 7) is -0.455. The zero-order valence-electron chi connectivity index (χ0n) is 14.6. The second kappa shape index (κ2) is 8.03. The monoisotopic (exact) mass is 435 g/mol. The number of sulfone groups is 1. The summed E-state index contributed by atoms with van der Waals surface area (Å²) in [5.41, 5.74) is -6.56. The smallest absolute Gasteiger partial charge is 0.360 e. The molecular formula is C16H13F4N3O5S. The van der Waals surface area contributed by atoms with Gasteiger partial charge in [-0.2, -0.15) is 13.2 Å². The molecule has 0 atom stereocenters. The number of nitro benzene ring substituents is 1. The first-order valence-electron chi connectivity index (χ1n) is 7.69. The molecule has 0 aliphatic carbocycles. The summed E-state index contributed by atoms with van der Waals surface area (Å²) in [7, 11) is -4.52. The van der Waals surface area contributed by atoms with Crippen molar-refractivity contribution in [1.82, 2.24) is 0 Å². The van der Waals surface area contributed by atoms with E-state index in [1.165, 1.54) is 19.2 Å². The molecule has 0 heterocycles. The number of nitrogens with one attached hydrogen (secondary N) is 1. The topological polar surface area (TPSA) is 110 Å². The molecule has 0 aliphatic heterocycles. The Morgan fingerprint density at radius 1 is 1.17 bits per heavy atom. The van der Waals surface area contributed by atoms with Crippen molar-refractivity contribution in [1.29, 1.82) is 0 Å². The van der Waals surface area contributed by atoms with Gasteiger partial charge in [0.25, 0.3) is 15.5 Å². The fourth-order valence-corrected chi connectivity index (χ4v) is 3.09. The Balaban J connectivity index is 2.27. The van der Waals surface area contributed by atoms with Gasteiger partial charge in [0.2, 0.25) is 5.91 Å². The minimum absolute atomic E-state index is 0.255. The van der Waals surface area contributed by atoms with Crippen LogP contribution in [-0.2, 0) is 14.6 Å². The van der Waals surface area contributed by atoms with Gasteiger partial charge in [-0.05, 0) is 36.4 Å². The summed E-state index contributed by atoms with van der Waals surface area (Å²) < 4.78 is 73.8. The number of nitro groups is 1. The highest BCUT2D eigenvalue weighted by atomic mass is 32.2. The van der Waals surface area contributed by atoms with Crippen LogP contribution in [0.3, 0.4) is 0 Å². The van der Waals surface area contributed by atoms with Crippen LogP contribution < -0.4 is 10.2 Å². The Bertz CT molecular complexity index is 1040. The zero-order chi connectivity index (χ0) is 22.0. The van der Waals surface area contributed by atoms with Gasteiger partial charge < -0.3 is 10.2 Å². The lowest BCUT2D eigenvalue weighted by Gasteiger charge is -2.19. The summed E-state index contributed by atoms with van der Waals surface area (Å²) in [5, 5.41) is 13.6. The van der Waals surface area contributed by atoms with Crippen molar-refractivity contribution >= 4 is 32.8 Å². The van der Waals surface area contributed by atoms with Crippen molar-refractivity contribution in [3.8, 4) is 0 Å². The predicted octanol–water partition coefficient (Wildman–Crippen LogP) is 3.10. The number of likely N-dealkylation sites (N-methyl/N-ethyl adjacent to an activating group) is 1. The molecule has 2 aromatic rings. The lowest BCUT2D eigenvalue weighted by atomic mass is 10.2. The van der Waals surface area contributed by atoms with E-state index in [1.807, 2.05) is 0 Å². The van der Waals surface area contributed by atoms with Gasteiger partial charge in [0.05, 0.1) is 16.4 Å². The average molecular weight is 435 g/mol. The summed E-state index contributed by atoms with van der Waals surface area (Å²) >= 11 is 0. The number of halogens is 4. The van der Waals surface area contributed by atoms with E-state index >= 15 is 0 Å². The molecule has 0 saturated carbocycles. The third kappa shape index (κ3) is 4.99. The number of amides is 1. The second-order valence-electron chi connectivity index (χ2n) is 5.77. The van der Waals surface area contributed by atoms with Gasteiger partial charge in [0.1, 0.15) is 11.5 Å². The van der Waals surface area contributed by atoms with Crippen molar-refractivity contribution in [2.75, 3.05) is 23.8 Å². The third-order valence-corrected chi connectivity index (χ3v) is 5.16. The van der Waals surface area contributed by atoms with Crippen molar-refractivity contribution < 1.29 is 35.7 Å². The number of hydrogen-bond donors (Lipinski definition) is 1. The Morgan fingerprint density at radius 2 is 1.76 bits per heavy atom. The fourth-order valence-electron chi connectivity index (χ4n) is 2.31. The van der Waals surface area contributed by atoms with Crippen LogP contribution in [-0.4, -0.2) is 38.3 Å². The van der Waals surface area contributed by atoms with Crippen LogP contribution >= 0.6 is 0 Å². The number of benzene rings is 2. The first-order valence-corrected chi connectivity index (χ1v) is 9.17. The van der Waals surface area contributed by atoms with Crippen LogP contribution in [0, 0.1) is 15.9 Å². The summed E-state index contributed by atoms with van der Waals surface area (Å²) in [4.78, 5) is 22.0. The van der Waals surface area contributed by atoms with Crippen LogP contribution in [0.1, 0.15) is 0 Å². The average Bonchev–Trinajstić information content (AvgIpc) is 2.62. The lowest BCUT2D eigenvalue weighted by Crippen LogP contribution is -2.30. The fraction of sp³-hybridized carbons (Fsp3) is 0.188. The van der Waals surface area contributed by atoms with Crippen molar-refractivity contribution in [3.05, 3.63) is 58.4 Å². The third-order valence-electron chi connectivity index (χ3n) is 3.68. The van der Waals surface area contributed by atoms with Gasteiger partial charge in [-0.3, -0.25) is 14.9 Å². The van der Waals surface area contributed by atoms with Crippen LogP contribution in [0.15, 0.2) is 47.4 Å². The molecule has 0 radical (unpaired) electrons. The number of carbonyl (C=O) groups excluding carboxylic acids is 1. The first kappa shape index (κ1) is 22.1.